The van der Waals surface area contributed by atoms with Gasteiger partial charge in [-0.15, -0.1) is 5.10 Å². The number of aryl methyl sites for hydroxylation is 2. The minimum absolute atomic E-state index is 0.214. The maximum absolute atomic E-state index is 9.13. The molecule has 0 saturated heterocycles. The second-order valence-corrected chi connectivity index (χ2v) is 3.94. The Kier molecular flexibility index (Phi) is 3.20. The predicted molar refractivity (Wildman–Crippen MR) is 65.3 cm³/mol. The molecule has 0 aliphatic heterocycles. The number of pyridine rings is 1. The summed E-state index contributed by atoms with van der Waals surface area (Å²) in [6, 6.07) is 5.70. The molecular formula is C13H12N4O. The molecule has 0 bridgehead atoms. The summed E-state index contributed by atoms with van der Waals surface area (Å²) in [7, 11) is 0. The first-order chi connectivity index (χ1) is 8.61. The molecule has 0 atom stereocenters. The van der Waals surface area contributed by atoms with Gasteiger partial charge in [0.25, 0.3) is 5.88 Å². The summed E-state index contributed by atoms with van der Waals surface area (Å²) in [4.78, 5) is 4.11. The van der Waals surface area contributed by atoms with Crippen LogP contribution in [0.25, 0.3) is 0 Å². The van der Waals surface area contributed by atoms with Crippen molar-refractivity contribution < 1.29 is 4.74 Å². The minimum atomic E-state index is 0.214. The van der Waals surface area contributed by atoms with Gasteiger partial charge in [-0.1, -0.05) is 0 Å². The topological polar surface area (TPSA) is 71.7 Å². The van der Waals surface area contributed by atoms with Crippen molar-refractivity contribution in [2.75, 3.05) is 0 Å². The van der Waals surface area contributed by atoms with Gasteiger partial charge in [0.05, 0.1) is 11.9 Å². The maximum Gasteiger partial charge on any atom is 0.257 e. The Hall–Kier alpha value is -2.48. The van der Waals surface area contributed by atoms with Gasteiger partial charge in [0.15, 0.2) is 0 Å². The number of hydrogen-bond acceptors (Lipinski definition) is 5. The molecule has 2 aromatic rings. The van der Waals surface area contributed by atoms with E-state index in [1.165, 1.54) is 0 Å². The lowest BCUT2D eigenvalue weighted by atomic mass is 10.1. The Bertz CT molecular complexity index is 614. The van der Waals surface area contributed by atoms with E-state index in [0.717, 1.165) is 17.0 Å². The summed E-state index contributed by atoms with van der Waals surface area (Å²) < 4.78 is 5.53. The van der Waals surface area contributed by atoms with E-state index in [-0.39, 0.29) is 5.88 Å². The Morgan fingerprint density at radius 3 is 2.56 bits per heavy atom. The summed E-state index contributed by atoms with van der Waals surface area (Å²) in [5.74, 6) is 0.751. The third-order valence-corrected chi connectivity index (χ3v) is 2.63. The van der Waals surface area contributed by atoms with Gasteiger partial charge in [-0.3, -0.25) is 4.98 Å². The fraction of sp³-hybridized carbons (Fsp3) is 0.231. The normalized spacial score (nSPS) is 9.89. The van der Waals surface area contributed by atoms with E-state index in [1.807, 2.05) is 19.9 Å². The fourth-order valence-corrected chi connectivity index (χ4v) is 1.42. The molecular weight excluding hydrogens is 228 g/mol. The number of nitriles is 1. The lowest BCUT2D eigenvalue weighted by Gasteiger charge is -2.08. The molecule has 90 valence electrons. The number of aromatic nitrogens is 3. The van der Waals surface area contributed by atoms with Crippen LogP contribution in [-0.4, -0.2) is 15.2 Å². The summed E-state index contributed by atoms with van der Waals surface area (Å²) in [5.41, 5.74) is 2.81. The zero-order valence-corrected chi connectivity index (χ0v) is 10.4. The van der Waals surface area contributed by atoms with Crippen molar-refractivity contribution in [1.82, 2.24) is 15.2 Å². The summed E-state index contributed by atoms with van der Waals surface area (Å²) in [6.45, 7) is 5.52. The highest BCUT2D eigenvalue weighted by Crippen LogP contribution is 2.24. The largest absolute Gasteiger partial charge is 0.435 e. The molecule has 0 N–H and O–H groups in total. The lowest BCUT2D eigenvalue weighted by Crippen LogP contribution is -2.00. The predicted octanol–water partition coefficient (Wildman–Crippen LogP) is 2.46. The number of nitrogens with zero attached hydrogens (tertiary/aromatic N) is 4. The summed E-state index contributed by atoms with van der Waals surface area (Å²) in [5, 5.41) is 17.0. The molecule has 2 aromatic heterocycles. The monoisotopic (exact) mass is 240 g/mol. The molecule has 0 unspecified atom stereocenters. The van der Waals surface area contributed by atoms with Gasteiger partial charge in [0.2, 0.25) is 0 Å². The van der Waals surface area contributed by atoms with Crippen molar-refractivity contribution in [2.45, 2.75) is 20.8 Å². The second kappa shape index (κ2) is 4.80. The van der Waals surface area contributed by atoms with E-state index >= 15 is 0 Å². The molecule has 5 nitrogen and oxygen atoms in total. The molecule has 0 saturated carbocycles. The Balaban J connectivity index is 2.38. The Labute approximate surface area is 105 Å². The van der Waals surface area contributed by atoms with Crippen LogP contribution in [0.3, 0.4) is 0 Å². The van der Waals surface area contributed by atoms with Crippen LogP contribution in [0.1, 0.15) is 22.5 Å². The summed E-state index contributed by atoms with van der Waals surface area (Å²) in [6.07, 6.45) is 1.59. The van der Waals surface area contributed by atoms with Gasteiger partial charge in [0, 0.05) is 5.69 Å². The number of hydrogen-bond donors (Lipinski definition) is 0. The van der Waals surface area contributed by atoms with Gasteiger partial charge in [-0.2, -0.15) is 10.4 Å². The molecule has 0 amide bonds. The molecule has 5 heteroatoms. The maximum atomic E-state index is 9.13. The van der Waals surface area contributed by atoms with Crippen LogP contribution in [0.15, 0.2) is 18.3 Å². The fourth-order valence-electron chi connectivity index (χ4n) is 1.42. The van der Waals surface area contributed by atoms with Crippen molar-refractivity contribution in [3.63, 3.8) is 0 Å². The molecule has 18 heavy (non-hydrogen) atoms. The van der Waals surface area contributed by atoms with Crippen LogP contribution in [-0.2, 0) is 0 Å². The molecule has 0 aliphatic rings. The van der Waals surface area contributed by atoms with E-state index in [0.29, 0.717) is 11.3 Å². The number of ether oxygens (including phenoxy) is 1. The molecule has 2 rings (SSSR count). The first-order valence-corrected chi connectivity index (χ1v) is 5.46. The zero-order chi connectivity index (χ0) is 13.1. The van der Waals surface area contributed by atoms with Crippen molar-refractivity contribution >= 4 is 0 Å². The third-order valence-electron chi connectivity index (χ3n) is 2.63. The van der Waals surface area contributed by atoms with Crippen LogP contribution < -0.4 is 4.74 Å². The molecule has 0 aromatic carbocycles. The van der Waals surface area contributed by atoms with E-state index in [4.69, 9.17) is 10.00 Å². The Morgan fingerprint density at radius 2 is 1.94 bits per heavy atom. The first-order valence-electron chi connectivity index (χ1n) is 5.46. The highest BCUT2D eigenvalue weighted by molar-refractivity contribution is 5.46. The van der Waals surface area contributed by atoms with Crippen molar-refractivity contribution in [3.05, 3.63) is 40.8 Å². The van der Waals surface area contributed by atoms with Crippen molar-refractivity contribution in [1.29, 1.82) is 5.26 Å². The molecule has 0 fully saturated rings. The van der Waals surface area contributed by atoms with Gasteiger partial charge in [-0.25, -0.2) is 0 Å². The molecule has 0 radical (unpaired) electrons. The van der Waals surface area contributed by atoms with Crippen LogP contribution in [0, 0.1) is 32.1 Å². The second-order valence-electron chi connectivity index (χ2n) is 3.94. The van der Waals surface area contributed by atoms with Gasteiger partial charge < -0.3 is 4.74 Å². The summed E-state index contributed by atoms with van der Waals surface area (Å²) >= 11 is 0. The van der Waals surface area contributed by atoms with E-state index in [1.54, 1.807) is 19.2 Å². The minimum Gasteiger partial charge on any atom is -0.435 e. The molecule has 0 aliphatic carbocycles. The number of rotatable bonds is 2. The van der Waals surface area contributed by atoms with E-state index < -0.39 is 0 Å². The highest BCUT2D eigenvalue weighted by Gasteiger charge is 2.12. The van der Waals surface area contributed by atoms with Crippen LogP contribution >= 0.6 is 0 Å². The smallest absolute Gasteiger partial charge is 0.257 e. The quantitative estimate of drug-likeness (QED) is 0.806. The van der Waals surface area contributed by atoms with Crippen molar-refractivity contribution in [3.8, 4) is 17.7 Å². The first kappa shape index (κ1) is 12.0. The molecule has 0 spiro atoms. The van der Waals surface area contributed by atoms with E-state index in [2.05, 4.69) is 21.3 Å². The Morgan fingerprint density at radius 1 is 1.17 bits per heavy atom. The van der Waals surface area contributed by atoms with Gasteiger partial charge in [-0.05, 0) is 38.5 Å². The third kappa shape index (κ3) is 2.28. The van der Waals surface area contributed by atoms with Gasteiger partial charge in [0.1, 0.15) is 17.4 Å². The average Bonchev–Trinajstić information content (AvgIpc) is 2.37. The molecule has 2 heterocycles. The van der Waals surface area contributed by atoms with Crippen LogP contribution in [0.2, 0.25) is 0 Å². The lowest BCUT2D eigenvalue weighted by molar-refractivity contribution is 0.449. The van der Waals surface area contributed by atoms with Gasteiger partial charge >= 0.3 is 0 Å². The zero-order valence-electron chi connectivity index (χ0n) is 10.4. The SMILES string of the molecule is Cc1ccc(Oc2nnc(C)c(C)c2C#N)cn1. The van der Waals surface area contributed by atoms with Crippen molar-refractivity contribution in [2.24, 2.45) is 0 Å². The van der Waals surface area contributed by atoms with Crippen LogP contribution in [0.5, 0.6) is 11.6 Å². The average molecular weight is 240 g/mol. The van der Waals surface area contributed by atoms with Crippen LogP contribution in [0.4, 0.5) is 0 Å². The van der Waals surface area contributed by atoms with E-state index in [9.17, 15) is 0 Å². The highest BCUT2D eigenvalue weighted by atomic mass is 16.5. The standard InChI is InChI=1S/C13H12N4O/c1-8-4-5-11(7-15-8)18-13-12(6-14)9(2)10(3)16-17-13/h4-5,7H,1-3H3.